The zero-order valence-electron chi connectivity index (χ0n) is 26.1. The predicted molar refractivity (Wildman–Crippen MR) is 178 cm³/mol. The number of nitrogens with two attached hydrogens (primary N) is 1. The Labute approximate surface area is 266 Å². The van der Waals surface area contributed by atoms with E-state index < -0.39 is 11.7 Å². The molecular weight excluding hydrogens is 589 g/mol. The largest absolute Gasteiger partial charge is 0.396 e. The van der Waals surface area contributed by atoms with Crippen LogP contribution < -0.4 is 16.4 Å². The number of carbonyl (C=O) groups excluding carboxylic acids is 1. The second-order valence-corrected chi connectivity index (χ2v) is 11.2. The van der Waals surface area contributed by atoms with Crippen molar-refractivity contribution in [3.63, 3.8) is 0 Å². The Morgan fingerprint density at radius 3 is 2.57 bits per heavy atom. The van der Waals surface area contributed by atoms with Crippen LogP contribution in [-0.4, -0.2) is 47.0 Å². The minimum absolute atomic E-state index is 0. The van der Waals surface area contributed by atoms with Gasteiger partial charge in [0.15, 0.2) is 23.0 Å². The highest BCUT2D eigenvalue weighted by Gasteiger charge is 2.24. The van der Waals surface area contributed by atoms with Crippen molar-refractivity contribution in [3.8, 4) is 22.6 Å². The quantitative estimate of drug-likeness (QED) is 0.158. The summed E-state index contributed by atoms with van der Waals surface area (Å²) in [6.07, 6.45) is 4.97. The molecule has 0 aliphatic heterocycles. The lowest BCUT2D eigenvalue weighted by molar-refractivity contribution is 0.0906. The van der Waals surface area contributed by atoms with E-state index in [9.17, 15) is 4.79 Å². The number of benzene rings is 1. The summed E-state index contributed by atoms with van der Waals surface area (Å²) in [5, 5.41) is 13.6. The summed E-state index contributed by atoms with van der Waals surface area (Å²) >= 11 is 0. The Kier molecular flexibility index (Phi) is 10.9. The Balaban J connectivity index is 0.000000506. The third kappa shape index (κ3) is 8.28. The molecule has 46 heavy (non-hydrogen) atoms. The molecule has 0 bridgehead atoms. The van der Waals surface area contributed by atoms with Crippen molar-refractivity contribution < 1.29 is 13.7 Å². The molecule has 0 radical (unpaired) electrons. The second-order valence-electron chi connectivity index (χ2n) is 11.2. The number of hydrogen-bond acceptors (Lipinski definition) is 10. The fourth-order valence-electron chi connectivity index (χ4n) is 4.12. The smallest absolute Gasteiger partial charge is 0.315 e. The molecule has 0 fully saturated rings. The van der Waals surface area contributed by atoms with E-state index in [-0.39, 0.29) is 25.3 Å². The highest BCUT2D eigenvalue weighted by Crippen LogP contribution is 2.30. The number of halogens is 1. The first-order chi connectivity index (χ1) is 21.3. The summed E-state index contributed by atoms with van der Waals surface area (Å²) in [5.41, 5.74) is 10.2. The third-order valence-corrected chi connectivity index (χ3v) is 6.21. The minimum atomic E-state index is -0.573. The SMILES string of the molecule is C.C=C(C)NC(=C)/N=C\C.Cn1cc(N)c(-c2nc3nccc(-c4ccc(CNC(=O)c5nc(C(C)(C)C)no5)c(F)c4)c3[nH]2)n1. The van der Waals surface area contributed by atoms with E-state index >= 15 is 4.39 Å². The number of amides is 1. The summed E-state index contributed by atoms with van der Waals surface area (Å²) in [6, 6.07) is 6.54. The van der Waals surface area contributed by atoms with Crippen LogP contribution in [0.5, 0.6) is 0 Å². The van der Waals surface area contributed by atoms with E-state index in [0.717, 1.165) is 5.70 Å². The van der Waals surface area contributed by atoms with Crippen molar-refractivity contribution in [1.29, 1.82) is 0 Å². The first kappa shape index (κ1) is 34.8. The lowest BCUT2D eigenvalue weighted by Crippen LogP contribution is -2.24. The molecule has 4 aromatic heterocycles. The van der Waals surface area contributed by atoms with Gasteiger partial charge in [-0.15, -0.1) is 0 Å². The number of pyridine rings is 1. The number of hydrogen-bond donors (Lipinski definition) is 4. The molecule has 242 valence electrons. The van der Waals surface area contributed by atoms with Gasteiger partial charge in [0, 0.05) is 54.4 Å². The molecule has 5 rings (SSSR count). The van der Waals surface area contributed by atoms with Gasteiger partial charge in [0.05, 0.1) is 11.2 Å². The number of H-pyrrole nitrogens is 1. The molecule has 0 atom stereocenters. The summed E-state index contributed by atoms with van der Waals surface area (Å²) in [7, 11) is 1.77. The van der Waals surface area contributed by atoms with E-state index in [1.807, 2.05) is 34.6 Å². The van der Waals surface area contributed by atoms with Crippen LogP contribution in [0.4, 0.5) is 10.1 Å². The summed E-state index contributed by atoms with van der Waals surface area (Å²) in [6.45, 7) is 16.6. The molecule has 1 amide bonds. The maximum absolute atomic E-state index is 15.0. The number of anilines is 1. The first-order valence-corrected chi connectivity index (χ1v) is 13.9. The summed E-state index contributed by atoms with van der Waals surface area (Å²) < 4.78 is 21.6. The topological polar surface area (TPSA) is 178 Å². The number of allylic oxidation sites excluding steroid dienone is 1. The van der Waals surface area contributed by atoms with E-state index in [4.69, 9.17) is 10.3 Å². The Morgan fingerprint density at radius 2 is 1.98 bits per heavy atom. The van der Waals surface area contributed by atoms with Crippen LogP contribution in [0.15, 0.2) is 70.9 Å². The normalized spacial score (nSPS) is 11.1. The predicted octanol–water partition coefficient (Wildman–Crippen LogP) is 5.66. The number of aliphatic imine (C=N–C) groups is 1. The maximum atomic E-state index is 15.0. The fourth-order valence-corrected chi connectivity index (χ4v) is 4.12. The molecule has 0 aliphatic rings. The number of nitrogen functional groups attached to an aromatic ring is 1. The molecule has 0 saturated carbocycles. The van der Waals surface area contributed by atoms with Gasteiger partial charge in [-0.25, -0.2) is 19.4 Å². The molecule has 4 heterocycles. The van der Waals surface area contributed by atoms with E-state index in [2.05, 4.69) is 59.0 Å². The van der Waals surface area contributed by atoms with Crippen molar-refractivity contribution in [2.75, 3.05) is 5.73 Å². The number of imidazole rings is 1. The van der Waals surface area contributed by atoms with E-state index in [0.29, 0.717) is 56.7 Å². The molecule has 14 heteroatoms. The van der Waals surface area contributed by atoms with E-state index in [1.54, 1.807) is 48.5 Å². The molecule has 13 nitrogen and oxygen atoms in total. The Morgan fingerprint density at radius 1 is 1.24 bits per heavy atom. The fraction of sp³-hybridized carbons (Fsp3) is 0.281. The molecule has 1 aromatic carbocycles. The third-order valence-electron chi connectivity index (χ3n) is 6.21. The van der Waals surface area contributed by atoms with Crippen molar-refractivity contribution in [2.45, 2.75) is 54.0 Å². The molecular formula is C32H40FN11O2. The average Bonchev–Trinajstić information content (AvgIpc) is 3.70. The van der Waals surface area contributed by atoms with Crippen LogP contribution in [-0.2, 0) is 19.0 Å². The van der Waals surface area contributed by atoms with Crippen molar-refractivity contribution >= 4 is 29.0 Å². The molecule has 0 saturated heterocycles. The number of fused-ring (bicyclic) bond motifs is 1. The maximum Gasteiger partial charge on any atom is 0.315 e. The number of aromatic nitrogens is 7. The number of nitrogens with one attached hydrogen (secondary N) is 3. The Bertz CT molecular complexity index is 1890. The minimum Gasteiger partial charge on any atom is -0.396 e. The van der Waals surface area contributed by atoms with Crippen LogP contribution in [0.25, 0.3) is 33.8 Å². The second kappa shape index (κ2) is 14.4. The summed E-state index contributed by atoms with van der Waals surface area (Å²) in [5.74, 6) is 0.297. The van der Waals surface area contributed by atoms with Gasteiger partial charge in [-0.05, 0) is 31.5 Å². The summed E-state index contributed by atoms with van der Waals surface area (Å²) in [4.78, 5) is 32.4. The van der Waals surface area contributed by atoms with Gasteiger partial charge in [0.2, 0.25) is 0 Å². The van der Waals surface area contributed by atoms with Crippen LogP contribution in [0.1, 0.15) is 64.1 Å². The van der Waals surface area contributed by atoms with Crippen molar-refractivity contribution in [3.05, 3.63) is 84.4 Å². The van der Waals surface area contributed by atoms with Gasteiger partial charge >= 0.3 is 11.8 Å². The zero-order chi connectivity index (χ0) is 32.9. The number of aromatic amines is 1. The van der Waals surface area contributed by atoms with Gasteiger partial charge < -0.3 is 25.9 Å². The number of nitrogens with zero attached hydrogens (tertiary/aromatic N) is 7. The van der Waals surface area contributed by atoms with Gasteiger partial charge in [0.1, 0.15) is 11.6 Å². The first-order valence-electron chi connectivity index (χ1n) is 13.9. The molecule has 5 N–H and O–H groups in total. The van der Waals surface area contributed by atoms with Crippen LogP contribution in [0.2, 0.25) is 0 Å². The monoisotopic (exact) mass is 629 g/mol. The molecule has 0 aliphatic carbocycles. The zero-order valence-corrected chi connectivity index (χ0v) is 26.1. The van der Waals surface area contributed by atoms with E-state index in [1.165, 1.54) is 6.07 Å². The van der Waals surface area contributed by atoms with Gasteiger partial charge in [-0.1, -0.05) is 58.6 Å². The molecule has 0 unspecified atom stereocenters. The number of aryl methyl sites for hydroxylation is 1. The van der Waals surface area contributed by atoms with Crippen LogP contribution >= 0.6 is 0 Å². The lowest BCUT2D eigenvalue weighted by atomic mass is 9.96. The highest BCUT2D eigenvalue weighted by molar-refractivity contribution is 5.92. The number of rotatable bonds is 8. The van der Waals surface area contributed by atoms with Crippen LogP contribution in [0.3, 0.4) is 0 Å². The lowest BCUT2D eigenvalue weighted by Gasteiger charge is -2.10. The standard InChI is InChI=1S/C24H24FN9O2.C7H12N2.CH4/c1-24(2,3)23-31-22(36-33-23)21(35)28-10-13-6-5-12(9-15(13)25)14-7-8-27-19-17(14)29-20(30-19)18-16(26)11-34(4)32-18;1-5-8-7(4)9-6(2)3;/h5-9,11H,10,26H2,1-4H3,(H,28,35)(H,27,29,30);5,9H,2,4H2,1,3H3;1H4/b;8-5-;. The molecule has 0 spiro atoms. The average molecular weight is 630 g/mol. The molecule has 5 aromatic rings. The van der Waals surface area contributed by atoms with Gasteiger partial charge in [-0.2, -0.15) is 10.1 Å². The van der Waals surface area contributed by atoms with Crippen LogP contribution in [0, 0.1) is 5.82 Å². The number of carbonyl (C=O) groups is 1. The van der Waals surface area contributed by atoms with Gasteiger partial charge in [-0.3, -0.25) is 9.48 Å². The van der Waals surface area contributed by atoms with Crippen molar-refractivity contribution in [2.24, 2.45) is 12.0 Å². The van der Waals surface area contributed by atoms with Crippen molar-refractivity contribution in [1.82, 2.24) is 45.5 Å². The Hall–Kier alpha value is -5.66. The van der Waals surface area contributed by atoms with Gasteiger partial charge in [0.25, 0.3) is 0 Å². The highest BCUT2D eigenvalue weighted by atomic mass is 19.1.